The minimum Gasteiger partial charge on any atom is -0.313 e. The first kappa shape index (κ1) is 12.7. The molecule has 0 bridgehead atoms. The van der Waals surface area contributed by atoms with Gasteiger partial charge < -0.3 is 5.32 Å². The van der Waals surface area contributed by atoms with Gasteiger partial charge in [-0.2, -0.15) is 23.5 Å². The molecule has 84 valence electrons. The van der Waals surface area contributed by atoms with Crippen molar-refractivity contribution in [2.24, 2.45) is 0 Å². The molecule has 0 spiro atoms. The van der Waals surface area contributed by atoms with Crippen LogP contribution in [0.2, 0.25) is 0 Å². The van der Waals surface area contributed by atoms with Crippen molar-refractivity contribution in [2.75, 3.05) is 24.3 Å². The van der Waals surface area contributed by atoms with E-state index in [2.05, 4.69) is 30.3 Å². The lowest BCUT2D eigenvalue weighted by Gasteiger charge is -2.19. The average molecular weight is 233 g/mol. The van der Waals surface area contributed by atoms with Gasteiger partial charge in [0.05, 0.1) is 0 Å². The largest absolute Gasteiger partial charge is 0.313 e. The van der Waals surface area contributed by atoms with Crippen LogP contribution in [0.1, 0.15) is 32.6 Å². The highest BCUT2D eigenvalue weighted by atomic mass is 32.2. The van der Waals surface area contributed by atoms with Gasteiger partial charge in [-0.1, -0.05) is 13.3 Å². The maximum absolute atomic E-state index is 3.72. The van der Waals surface area contributed by atoms with E-state index in [0.717, 1.165) is 11.3 Å². The van der Waals surface area contributed by atoms with Gasteiger partial charge in [0.2, 0.25) is 0 Å². The first-order valence-electron chi connectivity index (χ1n) is 5.72. The van der Waals surface area contributed by atoms with Crippen LogP contribution in [0.25, 0.3) is 0 Å². The van der Waals surface area contributed by atoms with Crippen LogP contribution >= 0.6 is 23.5 Å². The van der Waals surface area contributed by atoms with Crippen LogP contribution in [-0.2, 0) is 0 Å². The summed E-state index contributed by atoms with van der Waals surface area (Å²) < 4.78 is 0. The minimum atomic E-state index is 0.807. The summed E-state index contributed by atoms with van der Waals surface area (Å²) in [6.45, 7) is 3.49. The molecule has 1 aliphatic rings. The first-order valence-corrected chi connectivity index (χ1v) is 8.16. The molecular formula is C11H23NS2. The van der Waals surface area contributed by atoms with Gasteiger partial charge in [-0.15, -0.1) is 0 Å². The van der Waals surface area contributed by atoms with Gasteiger partial charge in [0.25, 0.3) is 0 Å². The molecule has 3 heteroatoms. The Morgan fingerprint density at radius 1 is 1.36 bits per heavy atom. The molecule has 14 heavy (non-hydrogen) atoms. The van der Waals surface area contributed by atoms with Gasteiger partial charge in [-0.05, 0) is 43.6 Å². The van der Waals surface area contributed by atoms with Crippen molar-refractivity contribution in [1.82, 2.24) is 5.32 Å². The summed E-state index contributed by atoms with van der Waals surface area (Å²) in [6, 6.07) is 0.807. The summed E-state index contributed by atoms with van der Waals surface area (Å²) >= 11 is 4.09. The molecule has 2 atom stereocenters. The minimum absolute atomic E-state index is 0.807. The molecule has 1 aliphatic carbocycles. The summed E-state index contributed by atoms with van der Waals surface area (Å²) in [5, 5.41) is 4.61. The van der Waals surface area contributed by atoms with E-state index < -0.39 is 0 Å². The van der Waals surface area contributed by atoms with Gasteiger partial charge in [0.1, 0.15) is 0 Å². The Balaban J connectivity index is 2.09. The van der Waals surface area contributed by atoms with Crippen LogP contribution in [0.5, 0.6) is 0 Å². The molecule has 0 saturated heterocycles. The molecule has 2 unspecified atom stereocenters. The molecule has 0 aromatic heterocycles. The van der Waals surface area contributed by atoms with Gasteiger partial charge in [-0.25, -0.2) is 0 Å². The number of rotatable bonds is 7. The van der Waals surface area contributed by atoms with E-state index in [4.69, 9.17) is 0 Å². The van der Waals surface area contributed by atoms with E-state index in [1.165, 1.54) is 43.7 Å². The lowest BCUT2D eigenvalue weighted by Crippen LogP contribution is -2.35. The van der Waals surface area contributed by atoms with Crippen LogP contribution in [0.4, 0.5) is 0 Å². The van der Waals surface area contributed by atoms with E-state index in [9.17, 15) is 0 Å². The van der Waals surface area contributed by atoms with E-state index in [0.29, 0.717) is 0 Å². The van der Waals surface area contributed by atoms with Gasteiger partial charge in [0, 0.05) is 11.3 Å². The molecule has 0 aliphatic heterocycles. The highest BCUT2D eigenvalue weighted by Crippen LogP contribution is 2.29. The van der Waals surface area contributed by atoms with E-state index >= 15 is 0 Å². The van der Waals surface area contributed by atoms with Crippen LogP contribution < -0.4 is 5.32 Å². The zero-order valence-corrected chi connectivity index (χ0v) is 11.1. The summed E-state index contributed by atoms with van der Waals surface area (Å²) in [5.74, 6) is 2.57. The molecule has 1 rings (SSSR count). The Morgan fingerprint density at radius 3 is 2.93 bits per heavy atom. The molecule has 1 nitrogen and oxygen atoms in total. The topological polar surface area (TPSA) is 12.0 Å². The predicted octanol–water partition coefficient (Wildman–Crippen LogP) is 3.00. The zero-order chi connectivity index (χ0) is 10.2. The van der Waals surface area contributed by atoms with Crippen LogP contribution in [0, 0.1) is 0 Å². The summed E-state index contributed by atoms with van der Waals surface area (Å²) in [7, 11) is 0. The second-order valence-electron chi connectivity index (χ2n) is 3.83. The third-order valence-corrected chi connectivity index (χ3v) is 4.79. The quantitative estimate of drug-likeness (QED) is 0.679. The van der Waals surface area contributed by atoms with Crippen molar-refractivity contribution in [2.45, 2.75) is 43.9 Å². The molecule has 1 fully saturated rings. The van der Waals surface area contributed by atoms with Crippen LogP contribution in [-0.4, -0.2) is 35.6 Å². The monoisotopic (exact) mass is 233 g/mol. The normalized spacial score (nSPS) is 27.0. The standard InChI is InChI=1S/C11H23NS2/c1-3-14-11-7-4-6-10(11)12-8-5-9-13-2/h10-12H,3-9H2,1-2H3. The third-order valence-electron chi connectivity index (χ3n) is 2.77. The van der Waals surface area contributed by atoms with Crippen molar-refractivity contribution in [3.63, 3.8) is 0 Å². The molecule has 1 saturated carbocycles. The molecule has 0 heterocycles. The number of nitrogens with one attached hydrogen (secondary N) is 1. The summed E-state index contributed by atoms with van der Waals surface area (Å²) in [6.07, 6.45) is 7.76. The van der Waals surface area contributed by atoms with Gasteiger partial charge in [-0.3, -0.25) is 0 Å². The van der Waals surface area contributed by atoms with Crippen molar-refractivity contribution < 1.29 is 0 Å². The van der Waals surface area contributed by atoms with Crippen molar-refractivity contribution in [3.05, 3.63) is 0 Å². The molecule has 0 amide bonds. The Hall–Kier alpha value is 0.660. The van der Waals surface area contributed by atoms with Gasteiger partial charge in [0.15, 0.2) is 0 Å². The Morgan fingerprint density at radius 2 is 2.21 bits per heavy atom. The summed E-state index contributed by atoms with van der Waals surface area (Å²) in [5.41, 5.74) is 0. The van der Waals surface area contributed by atoms with Gasteiger partial charge >= 0.3 is 0 Å². The fourth-order valence-corrected chi connectivity index (χ4v) is 3.74. The van der Waals surface area contributed by atoms with Crippen LogP contribution in [0.3, 0.4) is 0 Å². The summed E-state index contributed by atoms with van der Waals surface area (Å²) in [4.78, 5) is 0. The predicted molar refractivity (Wildman–Crippen MR) is 70.6 cm³/mol. The van der Waals surface area contributed by atoms with Crippen LogP contribution in [0.15, 0.2) is 0 Å². The maximum Gasteiger partial charge on any atom is 0.0201 e. The maximum atomic E-state index is 3.72. The number of hydrogen-bond acceptors (Lipinski definition) is 3. The SMILES string of the molecule is CCSC1CCCC1NCCCSC. The number of hydrogen-bond donors (Lipinski definition) is 1. The second kappa shape index (κ2) is 7.89. The van der Waals surface area contributed by atoms with Crippen molar-refractivity contribution >= 4 is 23.5 Å². The molecular weight excluding hydrogens is 210 g/mol. The lowest BCUT2D eigenvalue weighted by molar-refractivity contribution is 0.532. The fraction of sp³-hybridized carbons (Fsp3) is 1.00. The molecule has 0 aromatic rings. The van der Waals surface area contributed by atoms with E-state index in [1.807, 2.05) is 11.8 Å². The Labute approximate surface area is 97.2 Å². The Kier molecular flexibility index (Phi) is 7.17. The average Bonchev–Trinajstić information content (AvgIpc) is 2.61. The van der Waals surface area contributed by atoms with Crippen molar-refractivity contribution in [3.8, 4) is 0 Å². The number of thioether (sulfide) groups is 2. The van der Waals surface area contributed by atoms with Crippen molar-refractivity contribution in [1.29, 1.82) is 0 Å². The third kappa shape index (κ3) is 4.45. The molecule has 1 N–H and O–H groups in total. The zero-order valence-electron chi connectivity index (χ0n) is 9.42. The second-order valence-corrected chi connectivity index (χ2v) is 6.33. The fourth-order valence-electron chi connectivity index (χ4n) is 2.08. The highest BCUT2D eigenvalue weighted by Gasteiger charge is 2.25. The smallest absolute Gasteiger partial charge is 0.0201 e. The van der Waals surface area contributed by atoms with E-state index in [-0.39, 0.29) is 0 Å². The molecule has 0 aromatic carbocycles. The highest BCUT2D eigenvalue weighted by molar-refractivity contribution is 7.99. The van der Waals surface area contributed by atoms with E-state index in [1.54, 1.807) is 0 Å². The lowest BCUT2D eigenvalue weighted by atomic mass is 10.2. The first-order chi connectivity index (χ1) is 6.88. The molecule has 0 radical (unpaired) electrons. The Bertz CT molecular complexity index is 141.